The Labute approximate surface area is 192 Å². The third-order valence-electron chi connectivity index (χ3n) is 5.56. The molecule has 1 saturated heterocycles. The molecular weight excluding hydrogens is 430 g/mol. The number of amides is 1. The van der Waals surface area contributed by atoms with Gasteiger partial charge in [0.05, 0.1) is 26.3 Å². The van der Waals surface area contributed by atoms with Crippen molar-refractivity contribution in [2.75, 3.05) is 45.7 Å². The summed E-state index contributed by atoms with van der Waals surface area (Å²) in [5, 5.41) is 4.91. The number of piperazine rings is 1. The summed E-state index contributed by atoms with van der Waals surface area (Å²) in [4.78, 5) is 24.6. The normalized spacial score (nSPS) is 14.4. The van der Waals surface area contributed by atoms with Gasteiger partial charge in [-0.2, -0.15) is 0 Å². The summed E-state index contributed by atoms with van der Waals surface area (Å²) in [5.74, 6) is 2.80. The number of methoxy groups -OCH3 is 2. The second-order valence-electron chi connectivity index (χ2n) is 7.57. The Morgan fingerprint density at radius 1 is 1.09 bits per heavy atom. The Kier molecular flexibility index (Phi) is 6.92. The molecule has 1 fully saturated rings. The average molecular weight is 456 g/mol. The fourth-order valence-corrected chi connectivity index (χ4v) is 4.03. The number of aromatic nitrogens is 2. The van der Waals surface area contributed by atoms with Crippen molar-refractivity contribution in [2.24, 2.45) is 0 Å². The molecule has 1 aliphatic heterocycles. The van der Waals surface area contributed by atoms with Crippen molar-refractivity contribution in [3.8, 4) is 11.5 Å². The minimum atomic E-state index is 0.496. The Morgan fingerprint density at radius 3 is 2.62 bits per heavy atom. The molecule has 32 heavy (non-hydrogen) atoms. The number of nitrogens with one attached hydrogen (secondary N) is 1. The van der Waals surface area contributed by atoms with E-state index < -0.39 is 0 Å². The van der Waals surface area contributed by atoms with Crippen LogP contribution in [0.25, 0.3) is 10.9 Å². The highest BCUT2D eigenvalue weighted by atomic mass is 35.5. The van der Waals surface area contributed by atoms with Crippen LogP contribution in [0.2, 0.25) is 5.02 Å². The summed E-state index contributed by atoms with van der Waals surface area (Å²) in [6.07, 6.45) is 0.905. The number of ether oxygens (including phenoxy) is 2. The van der Waals surface area contributed by atoms with E-state index in [0.717, 1.165) is 41.8 Å². The molecule has 9 heteroatoms. The number of para-hydroxylation sites is 1. The van der Waals surface area contributed by atoms with Gasteiger partial charge in [0, 0.05) is 48.7 Å². The van der Waals surface area contributed by atoms with Crippen molar-refractivity contribution in [2.45, 2.75) is 13.1 Å². The largest absolute Gasteiger partial charge is 0.493 e. The summed E-state index contributed by atoms with van der Waals surface area (Å²) in [5.41, 5.74) is 1.78. The summed E-state index contributed by atoms with van der Waals surface area (Å²) in [6.45, 7) is 4.13. The van der Waals surface area contributed by atoms with Crippen LogP contribution in [-0.4, -0.2) is 66.6 Å². The van der Waals surface area contributed by atoms with Crippen molar-refractivity contribution >= 4 is 34.7 Å². The first-order valence-corrected chi connectivity index (χ1v) is 10.8. The van der Waals surface area contributed by atoms with Crippen LogP contribution in [0.4, 0.5) is 5.82 Å². The molecule has 0 saturated carbocycles. The van der Waals surface area contributed by atoms with Gasteiger partial charge in [0.2, 0.25) is 6.41 Å². The van der Waals surface area contributed by atoms with E-state index >= 15 is 0 Å². The number of nitrogens with zero attached hydrogens (tertiary/aromatic N) is 4. The lowest BCUT2D eigenvalue weighted by Crippen LogP contribution is -2.45. The van der Waals surface area contributed by atoms with E-state index in [1.807, 2.05) is 36.4 Å². The van der Waals surface area contributed by atoms with E-state index in [0.29, 0.717) is 48.5 Å². The molecule has 0 aliphatic carbocycles. The lowest BCUT2D eigenvalue weighted by Gasteiger charge is -2.32. The number of benzene rings is 2. The van der Waals surface area contributed by atoms with Crippen LogP contribution in [0.5, 0.6) is 11.5 Å². The molecule has 3 aromatic rings. The topological polar surface area (TPSA) is 79.8 Å². The first kappa shape index (κ1) is 22.1. The molecule has 1 aromatic heterocycles. The van der Waals surface area contributed by atoms with Crippen molar-refractivity contribution in [3.63, 3.8) is 0 Å². The molecule has 0 atom stereocenters. The molecule has 0 spiro atoms. The van der Waals surface area contributed by atoms with Gasteiger partial charge in [-0.15, -0.1) is 0 Å². The van der Waals surface area contributed by atoms with Crippen molar-refractivity contribution in [1.29, 1.82) is 0 Å². The van der Waals surface area contributed by atoms with Crippen LogP contribution in [-0.2, 0) is 17.9 Å². The first-order chi connectivity index (χ1) is 15.6. The molecule has 1 amide bonds. The third-order valence-corrected chi connectivity index (χ3v) is 5.79. The number of carbonyl (C=O) groups is 1. The summed E-state index contributed by atoms with van der Waals surface area (Å²) in [7, 11) is 3.25. The Bertz CT molecular complexity index is 1100. The zero-order valence-corrected chi connectivity index (χ0v) is 18.9. The van der Waals surface area contributed by atoms with Gasteiger partial charge in [0.15, 0.2) is 11.5 Å². The van der Waals surface area contributed by atoms with Gasteiger partial charge < -0.3 is 19.7 Å². The fraction of sp³-hybridized carbons (Fsp3) is 0.348. The molecular formula is C23H26ClN5O3. The van der Waals surface area contributed by atoms with Gasteiger partial charge in [-0.05, 0) is 24.3 Å². The minimum Gasteiger partial charge on any atom is -0.493 e. The molecule has 168 valence electrons. The van der Waals surface area contributed by atoms with Gasteiger partial charge in [0.25, 0.3) is 0 Å². The molecule has 0 bridgehead atoms. The maximum Gasteiger partial charge on any atom is 0.209 e. The molecule has 4 rings (SSSR count). The monoisotopic (exact) mass is 455 g/mol. The van der Waals surface area contributed by atoms with E-state index in [2.05, 4.69) is 10.2 Å². The summed E-state index contributed by atoms with van der Waals surface area (Å²) < 4.78 is 11.0. The van der Waals surface area contributed by atoms with Crippen molar-refractivity contribution in [3.05, 3.63) is 52.8 Å². The first-order valence-electron chi connectivity index (χ1n) is 10.4. The lowest BCUT2D eigenvalue weighted by atomic mass is 10.1. The van der Waals surface area contributed by atoms with Crippen LogP contribution in [0.15, 0.2) is 36.4 Å². The number of hydrogen-bond donors (Lipinski definition) is 1. The molecule has 1 N–H and O–H groups in total. The Morgan fingerprint density at radius 2 is 1.91 bits per heavy atom. The van der Waals surface area contributed by atoms with Gasteiger partial charge in [0.1, 0.15) is 11.6 Å². The van der Waals surface area contributed by atoms with Crippen LogP contribution in [0.3, 0.4) is 0 Å². The molecule has 0 radical (unpaired) electrons. The number of anilines is 1. The molecule has 2 heterocycles. The molecule has 0 unspecified atom stereocenters. The minimum absolute atomic E-state index is 0.496. The Balaban J connectivity index is 1.60. The van der Waals surface area contributed by atoms with E-state index in [4.69, 9.17) is 31.0 Å². The Hall–Kier alpha value is -3.10. The van der Waals surface area contributed by atoms with Crippen LogP contribution >= 0.6 is 11.6 Å². The number of rotatable bonds is 8. The summed E-state index contributed by atoms with van der Waals surface area (Å²) >= 11 is 6.26. The van der Waals surface area contributed by atoms with Gasteiger partial charge >= 0.3 is 0 Å². The zero-order chi connectivity index (χ0) is 22.5. The number of hydrogen-bond acceptors (Lipinski definition) is 7. The standard InChI is InChI=1S/C23H26ClN5O3/c1-31-20-5-3-4-16(22(20)32-2)13-25-23-18-12-17(24)6-7-19(18)26-21(27-23)14-28-8-10-29(15-30)11-9-28/h3-7,12,15H,8-11,13-14H2,1-2H3,(H,25,26,27). The quantitative estimate of drug-likeness (QED) is 0.522. The number of fused-ring (bicyclic) bond motifs is 1. The molecule has 8 nitrogen and oxygen atoms in total. The predicted octanol–water partition coefficient (Wildman–Crippen LogP) is 3.19. The average Bonchev–Trinajstić information content (AvgIpc) is 2.83. The smallest absolute Gasteiger partial charge is 0.209 e. The van der Waals surface area contributed by atoms with E-state index in [1.165, 1.54) is 0 Å². The van der Waals surface area contributed by atoms with E-state index in [1.54, 1.807) is 19.1 Å². The van der Waals surface area contributed by atoms with Crippen molar-refractivity contribution < 1.29 is 14.3 Å². The maximum absolute atomic E-state index is 11.0. The van der Waals surface area contributed by atoms with E-state index in [-0.39, 0.29) is 0 Å². The number of halogens is 1. The highest BCUT2D eigenvalue weighted by Gasteiger charge is 2.18. The highest BCUT2D eigenvalue weighted by molar-refractivity contribution is 6.31. The van der Waals surface area contributed by atoms with E-state index in [9.17, 15) is 4.79 Å². The van der Waals surface area contributed by atoms with Crippen LogP contribution in [0.1, 0.15) is 11.4 Å². The fourth-order valence-electron chi connectivity index (χ4n) is 3.85. The molecule has 1 aliphatic rings. The predicted molar refractivity (Wildman–Crippen MR) is 124 cm³/mol. The highest BCUT2D eigenvalue weighted by Crippen LogP contribution is 2.32. The second-order valence-corrected chi connectivity index (χ2v) is 8.01. The SMILES string of the molecule is COc1cccc(CNc2nc(CN3CCN(C=O)CC3)nc3ccc(Cl)cc23)c1OC. The summed E-state index contributed by atoms with van der Waals surface area (Å²) in [6, 6.07) is 11.4. The number of carbonyl (C=O) groups excluding carboxylic acids is 1. The van der Waals surface area contributed by atoms with Gasteiger partial charge in [-0.3, -0.25) is 9.69 Å². The third kappa shape index (κ3) is 4.87. The lowest BCUT2D eigenvalue weighted by molar-refractivity contribution is -0.119. The maximum atomic E-state index is 11.0. The van der Waals surface area contributed by atoms with Crippen LogP contribution in [0, 0.1) is 0 Å². The van der Waals surface area contributed by atoms with Gasteiger partial charge in [-0.1, -0.05) is 23.7 Å². The second kappa shape index (κ2) is 10.0. The van der Waals surface area contributed by atoms with Gasteiger partial charge in [-0.25, -0.2) is 9.97 Å². The molecule has 2 aromatic carbocycles. The zero-order valence-electron chi connectivity index (χ0n) is 18.2. The van der Waals surface area contributed by atoms with Crippen molar-refractivity contribution in [1.82, 2.24) is 19.8 Å². The van der Waals surface area contributed by atoms with Crippen LogP contribution < -0.4 is 14.8 Å².